The van der Waals surface area contributed by atoms with Gasteiger partial charge in [0, 0.05) is 63.1 Å². The smallest absolute Gasteiger partial charge is 0.235 e. The first-order valence-electron chi connectivity index (χ1n) is 17.4. The summed E-state index contributed by atoms with van der Waals surface area (Å²) >= 11 is 3.73. The average molecular weight is 690 g/mol. The molecule has 1 aliphatic carbocycles. The molecule has 51 heavy (non-hydrogen) atoms. The van der Waals surface area contributed by atoms with E-state index in [1.54, 1.807) is 0 Å². The highest BCUT2D eigenvalue weighted by molar-refractivity contribution is 7.27. The van der Waals surface area contributed by atoms with Gasteiger partial charge in [-0.1, -0.05) is 97.9 Å². The molecule has 6 heteroatoms. The van der Waals surface area contributed by atoms with Crippen LogP contribution in [0.2, 0.25) is 0 Å². The lowest BCUT2D eigenvalue weighted by molar-refractivity contribution is 0.669. The number of rotatable bonds is 2. The second kappa shape index (κ2) is 10.1. The van der Waals surface area contributed by atoms with Gasteiger partial charge in [-0.05, 0) is 54.1 Å². The Hall–Kier alpha value is -5.82. The van der Waals surface area contributed by atoms with Gasteiger partial charge in [0.15, 0.2) is 0 Å². The van der Waals surface area contributed by atoms with E-state index in [1.165, 1.54) is 52.2 Å². The molecule has 5 heterocycles. The number of benzene rings is 6. The van der Waals surface area contributed by atoms with Gasteiger partial charge in [-0.3, -0.25) is 4.57 Å². The van der Waals surface area contributed by atoms with Crippen molar-refractivity contribution in [3.8, 4) is 17.2 Å². The molecule has 4 nitrogen and oxygen atoms in total. The molecule has 0 spiro atoms. The standard InChI is InChI=1S/C45H27N3OS2/c1-24-11-10-17-31-40-44(51-42(24)31)39(25-21-22-35-32(23-25)26-12-5-8-19-34(26)49-35)46-45(47-40)48-33-18-7-4-15-29(33)37-27-13-2-3-14-28(27)43-38(41(37)48)30-16-6-9-20-36(30)50-43/h2-10,12-24H,11H2,1H3. The lowest BCUT2D eigenvalue weighted by Crippen LogP contribution is -2.03. The first-order valence-corrected chi connectivity index (χ1v) is 19.0. The highest BCUT2D eigenvalue weighted by Gasteiger charge is 2.27. The van der Waals surface area contributed by atoms with Gasteiger partial charge in [0.2, 0.25) is 5.95 Å². The van der Waals surface area contributed by atoms with Gasteiger partial charge in [0.05, 0.1) is 26.9 Å². The Morgan fingerprint density at radius 1 is 0.667 bits per heavy atom. The number of thiophene rings is 2. The summed E-state index contributed by atoms with van der Waals surface area (Å²) in [7, 11) is 0. The van der Waals surface area contributed by atoms with E-state index in [9.17, 15) is 0 Å². The third-order valence-electron chi connectivity index (χ3n) is 10.8. The zero-order chi connectivity index (χ0) is 33.4. The normalized spacial score (nSPS) is 14.8. The molecule has 12 rings (SSSR count). The summed E-state index contributed by atoms with van der Waals surface area (Å²) in [5, 5.41) is 9.73. The lowest BCUT2D eigenvalue weighted by Gasteiger charge is -2.13. The van der Waals surface area contributed by atoms with Crippen LogP contribution >= 0.6 is 22.7 Å². The number of para-hydroxylation sites is 2. The number of hydrogen-bond donors (Lipinski definition) is 0. The molecule has 0 bridgehead atoms. The van der Waals surface area contributed by atoms with Crippen molar-refractivity contribution in [3.63, 3.8) is 0 Å². The van der Waals surface area contributed by atoms with Crippen LogP contribution in [0.4, 0.5) is 0 Å². The maximum absolute atomic E-state index is 6.25. The molecule has 0 fully saturated rings. The van der Waals surface area contributed by atoms with E-state index < -0.39 is 0 Å². The van der Waals surface area contributed by atoms with Crippen molar-refractivity contribution >= 4 is 114 Å². The van der Waals surface area contributed by atoms with Crippen molar-refractivity contribution in [2.24, 2.45) is 0 Å². The quantitative estimate of drug-likeness (QED) is 0.181. The molecule has 0 saturated carbocycles. The van der Waals surface area contributed by atoms with Gasteiger partial charge >= 0.3 is 0 Å². The summed E-state index contributed by atoms with van der Waals surface area (Å²) < 4.78 is 12.3. The minimum absolute atomic E-state index is 0.428. The fraction of sp³-hybridized carbons (Fsp3) is 0.0667. The SMILES string of the molecule is CC1CC=Cc2c1sc1c(-c3ccc4oc5ccccc5c4c3)nc(-n3c4ccccc4c4c5ccccc5c5sc6ccccc6c5c43)nc21. The molecule has 1 aliphatic rings. The van der Waals surface area contributed by atoms with E-state index in [2.05, 4.69) is 127 Å². The minimum atomic E-state index is 0.428. The topological polar surface area (TPSA) is 43.9 Å². The largest absolute Gasteiger partial charge is 0.456 e. The zero-order valence-electron chi connectivity index (χ0n) is 27.5. The predicted molar refractivity (Wildman–Crippen MR) is 217 cm³/mol. The van der Waals surface area contributed by atoms with Crippen molar-refractivity contribution in [3.05, 3.63) is 132 Å². The first-order chi connectivity index (χ1) is 25.2. The molecule has 0 amide bonds. The molecular formula is C45H27N3OS2. The highest BCUT2D eigenvalue weighted by Crippen LogP contribution is 2.49. The van der Waals surface area contributed by atoms with Gasteiger partial charge in [0.25, 0.3) is 0 Å². The second-order valence-corrected chi connectivity index (χ2v) is 15.8. The Kier molecular flexibility index (Phi) is 5.55. The van der Waals surface area contributed by atoms with Crippen molar-refractivity contribution in [2.75, 3.05) is 0 Å². The van der Waals surface area contributed by atoms with Gasteiger partial charge in [0.1, 0.15) is 11.2 Å². The Morgan fingerprint density at radius 3 is 2.31 bits per heavy atom. The zero-order valence-corrected chi connectivity index (χ0v) is 29.1. The van der Waals surface area contributed by atoms with Gasteiger partial charge in [-0.15, -0.1) is 22.7 Å². The summed E-state index contributed by atoms with van der Waals surface area (Å²) in [5.41, 5.74) is 8.32. The van der Waals surface area contributed by atoms with Crippen molar-refractivity contribution in [1.82, 2.24) is 14.5 Å². The van der Waals surface area contributed by atoms with Crippen LogP contribution in [-0.4, -0.2) is 14.5 Å². The average Bonchev–Trinajstić information content (AvgIpc) is 3.94. The Morgan fingerprint density at radius 2 is 1.41 bits per heavy atom. The molecule has 11 aromatic rings. The van der Waals surface area contributed by atoms with Gasteiger partial charge in [-0.25, -0.2) is 9.97 Å². The monoisotopic (exact) mass is 689 g/mol. The fourth-order valence-corrected chi connectivity index (χ4v) is 11.1. The number of aromatic nitrogens is 3. The summed E-state index contributed by atoms with van der Waals surface area (Å²) in [6.45, 7) is 2.33. The summed E-state index contributed by atoms with van der Waals surface area (Å²) in [6, 6.07) is 41.3. The summed E-state index contributed by atoms with van der Waals surface area (Å²) in [6.07, 6.45) is 5.62. The van der Waals surface area contributed by atoms with Gasteiger partial charge < -0.3 is 4.42 Å². The number of hydrogen-bond acceptors (Lipinski definition) is 5. The van der Waals surface area contributed by atoms with Crippen molar-refractivity contribution < 1.29 is 4.42 Å². The first kappa shape index (κ1) is 27.9. The molecule has 0 saturated heterocycles. The molecule has 0 aliphatic heterocycles. The molecule has 240 valence electrons. The Balaban J connectivity index is 1.27. The Labute approximate surface area is 299 Å². The minimum Gasteiger partial charge on any atom is -0.456 e. The molecule has 1 atom stereocenters. The molecule has 0 radical (unpaired) electrons. The maximum Gasteiger partial charge on any atom is 0.235 e. The van der Waals surface area contributed by atoms with E-state index in [1.807, 2.05) is 34.8 Å². The van der Waals surface area contributed by atoms with E-state index in [0.717, 1.165) is 60.9 Å². The molecular weight excluding hydrogens is 663 g/mol. The van der Waals surface area contributed by atoms with E-state index in [4.69, 9.17) is 14.4 Å². The lowest BCUT2D eigenvalue weighted by atomic mass is 9.96. The van der Waals surface area contributed by atoms with Crippen LogP contribution in [0.15, 0.2) is 126 Å². The summed E-state index contributed by atoms with van der Waals surface area (Å²) in [5.74, 6) is 1.12. The van der Waals surface area contributed by atoms with Crippen LogP contribution in [-0.2, 0) is 0 Å². The van der Waals surface area contributed by atoms with Crippen LogP contribution in [0.25, 0.3) is 108 Å². The van der Waals surface area contributed by atoms with Crippen LogP contribution in [0, 0.1) is 0 Å². The predicted octanol–water partition coefficient (Wildman–Crippen LogP) is 13.4. The third kappa shape index (κ3) is 3.73. The van der Waals surface area contributed by atoms with Gasteiger partial charge in [-0.2, -0.15) is 0 Å². The number of nitrogens with zero attached hydrogens (tertiary/aromatic N) is 3. The number of allylic oxidation sites excluding steroid dienone is 1. The Bertz CT molecular complexity index is 3320. The van der Waals surface area contributed by atoms with E-state index in [0.29, 0.717) is 11.9 Å². The van der Waals surface area contributed by atoms with Crippen LogP contribution < -0.4 is 0 Å². The van der Waals surface area contributed by atoms with Crippen LogP contribution in [0.5, 0.6) is 0 Å². The highest BCUT2D eigenvalue weighted by atomic mass is 32.1. The molecule has 5 aromatic heterocycles. The van der Waals surface area contributed by atoms with Crippen molar-refractivity contribution in [2.45, 2.75) is 19.3 Å². The van der Waals surface area contributed by atoms with Crippen LogP contribution in [0.3, 0.4) is 0 Å². The second-order valence-electron chi connectivity index (χ2n) is 13.7. The summed E-state index contributed by atoms with van der Waals surface area (Å²) in [4.78, 5) is 12.6. The number of fused-ring (bicyclic) bond motifs is 16. The van der Waals surface area contributed by atoms with E-state index in [-0.39, 0.29) is 0 Å². The number of furan rings is 1. The van der Waals surface area contributed by atoms with E-state index >= 15 is 0 Å². The van der Waals surface area contributed by atoms with Crippen molar-refractivity contribution in [1.29, 1.82) is 0 Å². The molecule has 6 aromatic carbocycles. The maximum atomic E-state index is 6.25. The van der Waals surface area contributed by atoms with Crippen LogP contribution in [0.1, 0.15) is 29.7 Å². The molecule has 0 N–H and O–H groups in total. The third-order valence-corrected chi connectivity index (χ3v) is 13.4. The fourth-order valence-electron chi connectivity index (χ4n) is 8.52. The molecule has 1 unspecified atom stereocenters.